The molecule has 0 atom stereocenters. The smallest absolute Gasteiger partial charge is 0.257 e. The molecule has 122 valence electrons. The standard InChI is InChI=1S/C18H20F2N2O/c1-4-22(12-13-5-8-15(9-6-13)21(2)3)18(23)16-10-7-14(19)11-17(16)20/h5-11H,4,12H2,1-3H3. The number of carbonyl (C=O) groups excluding carboxylic acids is 1. The van der Waals surface area contributed by atoms with Gasteiger partial charge in [0.05, 0.1) is 5.56 Å². The molecule has 0 aliphatic heterocycles. The van der Waals surface area contributed by atoms with Gasteiger partial charge in [-0.3, -0.25) is 4.79 Å². The summed E-state index contributed by atoms with van der Waals surface area (Å²) in [5.74, 6) is -1.97. The lowest BCUT2D eigenvalue weighted by molar-refractivity contribution is 0.0748. The zero-order chi connectivity index (χ0) is 17.0. The molecule has 0 radical (unpaired) electrons. The Hall–Kier alpha value is -2.43. The first kappa shape index (κ1) is 16.9. The van der Waals surface area contributed by atoms with Crippen LogP contribution in [-0.4, -0.2) is 31.4 Å². The van der Waals surface area contributed by atoms with Crippen LogP contribution in [0.2, 0.25) is 0 Å². The minimum Gasteiger partial charge on any atom is -0.378 e. The van der Waals surface area contributed by atoms with Gasteiger partial charge in [-0.15, -0.1) is 0 Å². The van der Waals surface area contributed by atoms with Crippen molar-refractivity contribution in [1.29, 1.82) is 0 Å². The largest absolute Gasteiger partial charge is 0.378 e. The van der Waals surface area contributed by atoms with Crippen molar-refractivity contribution in [2.24, 2.45) is 0 Å². The summed E-state index contributed by atoms with van der Waals surface area (Å²) in [6.07, 6.45) is 0. The molecule has 3 nitrogen and oxygen atoms in total. The van der Waals surface area contributed by atoms with Crippen LogP contribution in [0.4, 0.5) is 14.5 Å². The van der Waals surface area contributed by atoms with E-state index < -0.39 is 17.5 Å². The summed E-state index contributed by atoms with van der Waals surface area (Å²) in [5.41, 5.74) is 1.90. The predicted octanol–water partition coefficient (Wildman–Crippen LogP) is 3.69. The van der Waals surface area contributed by atoms with Crippen LogP contribution >= 0.6 is 0 Å². The number of hydrogen-bond donors (Lipinski definition) is 0. The molecule has 0 bridgehead atoms. The number of amides is 1. The lowest BCUT2D eigenvalue weighted by Crippen LogP contribution is -2.31. The molecule has 0 saturated heterocycles. The van der Waals surface area contributed by atoms with Gasteiger partial charge in [-0.2, -0.15) is 0 Å². The fourth-order valence-corrected chi connectivity index (χ4v) is 2.28. The van der Waals surface area contributed by atoms with Crippen LogP contribution in [0.25, 0.3) is 0 Å². The Morgan fingerprint density at radius 3 is 2.22 bits per heavy atom. The maximum absolute atomic E-state index is 13.8. The second kappa shape index (κ2) is 7.22. The highest BCUT2D eigenvalue weighted by atomic mass is 19.1. The first-order chi connectivity index (χ1) is 10.9. The van der Waals surface area contributed by atoms with Crippen molar-refractivity contribution in [3.8, 4) is 0 Å². The molecule has 5 heteroatoms. The van der Waals surface area contributed by atoms with E-state index in [1.165, 1.54) is 11.0 Å². The molecular weight excluding hydrogens is 298 g/mol. The predicted molar refractivity (Wildman–Crippen MR) is 87.5 cm³/mol. The number of rotatable bonds is 5. The average molecular weight is 318 g/mol. The zero-order valence-electron chi connectivity index (χ0n) is 13.5. The van der Waals surface area contributed by atoms with Crippen molar-refractivity contribution >= 4 is 11.6 Å². The fourth-order valence-electron chi connectivity index (χ4n) is 2.28. The van der Waals surface area contributed by atoms with Gasteiger partial charge < -0.3 is 9.80 Å². The Morgan fingerprint density at radius 1 is 1.04 bits per heavy atom. The number of carbonyl (C=O) groups is 1. The van der Waals surface area contributed by atoms with E-state index in [4.69, 9.17) is 0 Å². The second-order valence-electron chi connectivity index (χ2n) is 5.50. The minimum absolute atomic E-state index is 0.113. The zero-order valence-corrected chi connectivity index (χ0v) is 13.5. The average Bonchev–Trinajstić information content (AvgIpc) is 2.52. The van der Waals surface area contributed by atoms with Crippen molar-refractivity contribution in [2.75, 3.05) is 25.5 Å². The molecule has 23 heavy (non-hydrogen) atoms. The van der Waals surface area contributed by atoms with Crippen LogP contribution in [-0.2, 0) is 6.54 Å². The number of nitrogens with zero attached hydrogens (tertiary/aromatic N) is 2. The van der Waals surface area contributed by atoms with Gasteiger partial charge in [0.1, 0.15) is 11.6 Å². The lowest BCUT2D eigenvalue weighted by Gasteiger charge is -2.22. The van der Waals surface area contributed by atoms with Crippen LogP contribution in [0, 0.1) is 11.6 Å². The summed E-state index contributed by atoms with van der Waals surface area (Å²) in [4.78, 5) is 16.0. The van der Waals surface area contributed by atoms with E-state index in [2.05, 4.69) is 0 Å². The third kappa shape index (κ3) is 4.06. The molecule has 0 aliphatic carbocycles. The molecule has 0 spiro atoms. The summed E-state index contributed by atoms with van der Waals surface area (Å²) in [6.45, 7) is 2.64. The normalized spacial score (nSPS) is 10.5. The molecule has 0 aromatic heterocycles. The van der Waals surface area contributed by atoms with E-state index in [1.807, 2.05) is 50.2 Å². The van der Waals surface area contributed by atoms with E-state index in [0.29, 0.717) is 13.1 Å². The summed E-state index contributed by atoms with van der Waals surface area (Å²) < 4.78 is 26.8. The molecule has 0 unspecified atom stereocenters. The van der Waals surface area contributed by atoms with Crippen molar-refractivity contribution in [1.82, 2.24) is 4.90 Å². The third-order valence-corrected chi connectivity index (χ3v) is 3.66. The quantitative estimate of drug-likeness (QED) is 0.839. The van der Waals surface area contributed by atoms with Crippen molar-refractivity contribution in [3.63, 3.8) is 0 Å². The van der Waals surface area contributed by atoms with Crippen LogP contribution in [0.3, 0.4) is 0 Å². The Morgan fingerprint density at radius 2 is 1.70 bits per heavy atom. The van der Waals surface area contributed by atoms with Gasteiger partial charge in [0.25, 0.3) is 5.91 Å². The van der Waals surface area contributed by atoms with E-state index >= 15 is 0 Å². The van der Waals surface area contributed by atoms with Crippen molar-refractivity contribution in [2.45, 2.75) is 13.5 Å². The van der Waals surface area contributed by atoms with E-state index in [-0.39, 0.29) is 5.56 Å². The van der Waals surface area contributed by atoms with Gasteiger partial charge in [-0.25, -0.2) is 8.78 Å². The van der Waals surface area contributed by atoms with Gasteiger partial charge in [-0.1, -0.05) is 12.1 Å². The lowest BCUT2D eigenvalue weighted by atomic mass is 10.1. The van der Waals surface area contributed by atoms with Gasteiger partial charge >= 0.3 is 0 Å². The SMILES string of the molecule is CCN(Cc1ccc(N(C)C)cc1)C(=O)c1ccc(F)cc1F. The minimum atomic E-state index is -0.837. The first-order valence-corrected chi connectivity index (χ1v) is 7.43. The monoisotopic (exact) mass is 318 g/mol. The van der Waals surface area contributed by atoms with Crippen molar-refractivity contribution < 1.29 is 13.6 Å². The van der Waals surface area contributed by atoms with Crippen LogP contribution in [0.15, 0.2) is 42.5 Å². The van der Waals surface area contributed by atoms with Crippen LogP contribution in [0.5, 0.6) is 0 Å². The highest BCUT2D eigenvalue weighted by Crippen LogP contribution is 2.17. The molecule has 2 aromatic carbocycles. The van der Waals surface area contributed by atoms with Gasteiger partial charge in [0.15, 0.2) is 0 Å². The molecule has 0 saturated carbocycles. The Kier molecular flexibility index (Phi) is 5.32. The molecule has 0 N–H and O–H groups in total. The van der Waals surface area contributed by atoms with Crippen LogP contribution in [0.1, 0.15) is 22.8 Å². The Balaban J connectivity index is 2.17. The number of hydrogen-bond acceptors (Lipinski definition) is 2. The molecular formula is C18H20F2N2O. The van der Waals surface area contributed by atoms with Crippen molar-refractivity contribution in [3.05, 3.63) is 65.2 Å². The van der Waals surface area contributed by atoms with Gasteiger partial charge in [0, 0.05) is 38.9 Å². The maximum Gasteiger partial charge on any atom is 0.257 e. The number of halogens is 2. The Bertz CT molecular complexity index is 684. The highest BCUT2D eigenvalue weighted by Gasteiger charge is 2.18. The first-order valence-electron chi connectivity index (χ1n) is 7.43. The maximum atomic E-state index is 13.8. The summed E-state index contributed by atoms with van der Waals surface area (Å²) >= 11 is 0. The second-order valence-corrected chi connectivity index (χ2v) is 5.50. The molecule has 0 aliphatic rings. The number of benzene rings is 2. The summed E-state index contributed by atoms with van der Waals surface area (Å²) in [6, 6.07) is 10.8. The molecule has 2 rings (SSSR count). The van der Waals surface area contributed by atoms with Gasteiger partial charge in [0.2, 0.25) is 0 Å². The molecule has 0 heterocycles. The van der Waals surface area contributed by atoms with E-state index in [9.17, 15) is 13.6 Å². The summed E-state index contributed by atoms with van der Waals surface area (Å²) in [7, 11) is 3.91. The van der Waals surface area contributed by atoms with Crippen LogP contribution < -0.4 is 4.90 Å². The summed E-state index contributed by atoms with van der Waals surface area (Å²) in [5, 5.41) is 0. The molecule has 0 fully saturated rings. The highest BCUT2D eigenvalue weighted by molar-refractivity contribution is 5.94. The molecule has 2 aromatic rings. The van der Waals surface area contributed by atoms with Gasteiger partial charge in [-0.05, 0) is 36.8 Å². The Labute approximate surface area is 135 Å². The third-order valence-electron chi connectivity index (χ3n) is 3.66. The number of anilines is 1. The fraction of sp³-hybridized carbons (Fsp3) is 0.278. The molecule has 1 amide bonds. The van der Waals surface area contributed by atoms with E-state index in [1.54, 1.807) is 0 Å². The topological polar surface area (TPSA) is 23.6 Å². The van der Waals surface area contributed by atoms with E-state index in [0.717, 1.165) is 23.4 Å².